The lowest BCUT2D eigenvalue weighted by molar-refractivity contribution is -0.384. The molecule has 0 saturated carbocycles. The number of nitrogens with zero attached hydrogens (tertiary/aromatic N) is 3. The van der Waals surface area contributed by atoms with Crippen molar-refractivity contribution < 1.29 is 9.72 Å². The zero-order chi connectivity index (χ0) is 19.4. The molecule has 0 radical (unpaired) electrons. The molecule has 0 saturated heterocycles. The number of carbonyl (C=O) groups is 1. The van der Waals surface area contributed by atoms with Gasteiger partial charge in [-0.1, -0.05) is 24.3 Å². The average molecular weight is 365 g/mol. The molecule has 0 bridgehead atoms. The Kier molecular flexibility index (Phi) is 5.16. The van der Waals surface area contributed by atoms with E-state index in [0.29, 0.717) is 12.2 Å². The number of hydrogen-bond acceptors (Lipinski definition) is 4. The van der Waals surface area contributed by atoms with Crippen LogP contribution >= 0.6 is 0 Å². The molecule has 0 fully saturated rings. The molecule has 0 unspecified atom stereocenters. The Balaban J connectivity index is 1.68. The number of urea groups is 1. The number of para-hydroxylation sites is 1. The highest BCUT2D eigenvalue weighted by Gasteiger charge is 2.14. The third kappa shape index (κ3) is 4.12. The van der Waals surface area contributed by atoms with E-state index in [0.717, 1.165) is 22.6 Å². The van der Waals surface area contributed by atoms with Gasteiger partial charge in [-0.25, -0.2) is 9.48 Å². The molecule has 3 rings (SSSR count). The van der Waals surface area contributed by atoms with Crippen LogP contribution in [0, 0.1) is 24.0 Å². The van der Waals surface area contributed by atoms with Gasteiger partial charge in [-0.2, -0.15) is 5.10 Å². The van der Waals surface area contributed by atoms with Crippen LogP contribution in [0.4, 0.5) is 16.2 Å². The van der Waals surface area contributed by atoms with Crippen LogP contribution in [0.2, 0.25) is 0 Å². The van der Waals surface area contributed by atoms with Crippen LogP contribution in [0.25, 0.3) is 5.69 Å². The fraction of sp³-hybridized carbons (Fsp3) is 0.158. The molecular weight excluding hydrogens is 346 g/mol. The van der Waals surface area contributed by atoms with Gasteiger partial charge in [0.2, 0.25) is 0 Å². The average Bonchev–Trinajstić information content (AvgIpc) is 2.95. The van der Waals surface area contributed by atoms with Crippen LogP contribution < -0.4 is 10.6 Å². The summed E-state index contributed by atoms with van der Waals surface area (Å²) in [5, 5.41) is 20.7. The van der Waals surface area contributed by atoms with E-state index in [1.54, 1.807) is 6.07 Å². The Hall–Kier alpha value is -3.68. The minimum atomic E-state index is -0.506. The number of non-ortho nitro benzene ring substituents is 1. The predicted molar refractivity (Wildman–Crippen MR) is 102 cm³/mol. The highest BCUT2D eigenvalue weighted by atomic mass is 16.6. The second-order valence-corrected chi connectivity index (χ2v) is 6.01. The summed E-state index contributed by atoms with van der Waals surface area (Å²) in [6.45, 7) is 4.13. The van der Waals surface area contributed by atoms with Gasteiger partial charge in [-0.15, -0.1) is 0 Å². The van der Waals surface area contributed by atoms with Crippen molar-refractivity contribution in [2.24, 2.45) is 0 Å². The van der Waals surface area contributed by atoms with Gasteiger partial charge in [0.1, 0.15) is 0 Å². The largest absolute Gasteiger partial charge is 0.334 e. The molecule has 138 valence electrons. The van der Waals surface area contributed by atoms with E-state index < -0.39 is 11.0 Å². The van der Waals surface area contributed by atoms with Gasteiger partial charge < -0.3 is 10.6 Å². The van der Waals surface area contributed by atoms with Crippen molar-refractivity contribution in [3.63, 3.8) is 0 Å². The Bertz CT molecular complexity index is 982. The van der Waals surface area contributed by atoms with E-state index in [4.69, 9.17) is 0 Å². The molecule has 8 nitrogen and oxygen atoms in total. The Morgan fingerprint density at radius 2 is 1.89 bits per heavy atom. The number of hydrogen-bond donors (Lipinski definition) is 2. The van der Waals surface area contributed by atoms with Crippen LogP contribution in [0.1, 0.15) is 17.0 Å². The van der Waals surface area contributed by atoms with E-state index in [1.807, 2.05) is 48.9 Å². The van der Waals surface area contributed by atoms with Crippen molar-refractivity contribution in [3.8, 4) is 5.69 Å². The topological polar surface area (TPSA) is 102 Å². The number of carbonyl (C=O) groups excluding carboxylic acids is 1. The van der Waals surface area contributed by atoms with E-state index in [-0.39, 0.29) is 5.69 Å². The Morgan fingerprint density at radius 3 is 2.59 bits per heavy atom. The number of nitro benzene ring substituents is 1. The number of nitro groups is 1. The molecule has 2 amide bonds. The first kappa shape index (κ1) is 18.1. The number of aromatic nitrogens is 2. The molecule has 0 atom stereocenters. The normalized spacial score (nSPS) is 10.4. The first-order valence-corrected chi connectivity index (χ1v) is 8.35. The highest BCUT2D eigenvalue weighted by molar-refractivity contribution is 5.89. The second kappa shape index (κ2) is 7.69. The maximum absolute atomic E-state index is 12.1. The monoisotopic (exact) mass is 365 g/mol. The summed E-state index contributed by atoms with van der Waals surface area (Å²) in [5.74, 6) is 0. The summed E-state index contributed by atoms with van der Waals surface area (Å²) < 4.78 is 1.84. The highest BCUT2D eigenvalue weighted by Crippen LogP contribution is 2.19. The van der Waals surface area contributed by atoms with Crippen molar-refractivity contribution in [3.05, 3.63) is 81.7 Å². The van der Waals surface area contributed by atoms with Gasteiger partial charge >= 0.3 is 6.03 Å². The Morgan fingerprint density at radius 1 is 1.15 bits per heavy atom. The number of nitrogens with one attached hydrogen (secondary N) is 2. The molecule has 8 heteroatoms. The third-order valence-electron chi connectivity index (χ3n) is 4.18. The van der Waals surface area contributed by atoms with E-state index >= 15 is 0 Å². The summed E-state index contributed by atoms with van der Waals surface area (Å²) in [6.07, 6.45) is 0. The van der Waals surface area contributed by atoms with Gasteiger partial charge in [0.25, 0.3) is 5.69 Å². The van der Waals surface area contributed by atoms with Crippen molar-refractivity contribution in [1.82, 2.24) is 15.1 Å². The number of aryl methyl sites for hydroxylation is 1. The minimum absolute atomic E-state index is 0.0800. The predicted octanol–water partition coefficient (Wildman–Crippen LogP) is 3.72. The van der Waals surface area contributed by atoms with Crippen molar-refractivity contribution in [2.75, 3.05) is 5.32 Å². The van der Waals surface area contributed by atoms with Crippen molar-refractivity contribution >= 4 is 17.4 Å². The van der Waals surface area contributed by atoms with Crippen LogP contribution in [-0.2, 0) is 6.54 Å². The molecule has 3 aromatic rings. The molecule has 2 aromatic carbocycles. The fourth-order valence-electron chi connectivity index (χ4n) is 2.79. The quantitative estimate of drug-likeness (QED) is 0.531. The fourth-order valence-corrected chi connectivity index (χ4v) is 2.79. The van der Waals surface area contributed by atoms with Gasteiger partial charge in [-0.05, 0) is 32.0 Å². The summed E-state index contributed by atoms with van der Waals surface area (Å²) in [5.41, 5.74) is 3.92. The van der Waals surface area contributed by atoms with Gasteiger partial charge in [-0.3, -0.25) is 10.1 Å². The van der Waals surface area contributed by atoms with Crippen molar-refractivity contribution in [1.29, 1.82) is 0 Å². The van der Waals surface area contributed by atoms with Gasteiger partial charge in [0.15, 0.2) is 0 Å². The summed E-state index contributed by atoms with van der Waals surface area (Å²) >= 11 is 0. The molecule has 0 aliphatic heterocycles. The lowest BCUT2D eigenvalue weighted by Gasteiger charge is -2.08. The maximum Gasteiger partial charge on any atom is 0.319 e. The zero-order valence-electron chi connectivity index (χ0n) is 15.0. The third-order valence-corrected chi connectivity index (χ3v) is 4.18. The lowest BCUT2D eigenvalue weighted by Crippen LogP contribution is -2.28. The van der Waals surface area contributed by atoms with Crippen LogP contribution in [0.5, 0.6) is 0 Å². The molecular formula is C19H19N5O3. The van der Waals surface area contributed by atoms with E-state index in [9.17, 15) is 14.9 Å². The smallest absolute Gasteiger partial charge is 0.319 e. The van der Waals surface area contributed by atoms with Crippen LogP contribution in [0.3, 0.4) is 0 Å². The van der Waals surface area contributed by atoms with Crippen molar-refractivity contribution in [2.45, 2.75) is 20.4 Å². The Labute approximate surface area is 156 Å². The van der Waals surface area contributed by atoms with Gasteiger partial charge in [0, 0.05) is 35.6 Å². The molecule has 1 heterocycles. The van der Waals surface area contributed by atoms with Gasteiger partial charge in [0.05, 0.1) is 16.3 Å². The van der Waals surface area contributed by atoms with Crippen LogP contribution in [0.15, 0.2) is 54.6 Å². The summed E-state index contributed by atoms with van der Waals surface area (Å²) in [4.78, 5) is 22.5. The standard InChI is InChI=1S/C19H19N5O3/c1-13-18(14(2)23(22-13)16-8-4-3-5-9-16)12-20-19(25)21-15-7-6-10-17(11-15)24(26)27/h3-11H,12H2,1-2H3,(H2,20,21,25). The second-order valence-electron chi connectivity index (χ2n) is 6.01. The SMILES string of the molecule is Cc1nn(-c2ccccc2)c(C)c1CNC(=O)Nc1cccc([N+](=O)[O-])c1. The summed E-state index contributed by atoms with van der Waals surface area (Å²) in [6, 6.07) is 15.1. The molecule has 1 aromatic heterocycles. The zero-order valence-corrected chi connectivity index (χ0v) is 15.0. The molecule has 0 aliphatic carbocycles. The maximum atomic E-state index is 12.1. The number of benzene rings is 2. The number of anilines is 1. The first-order valence-electron chi connectivity index (χ1n) is 8.35. The van der Waals surface area contributed by atoms with E-state index in [2.05, 4.69) is 15.7 Å². The minimum Gasteiger partial charge on any atom is -0.334 e. The lowest BCUT2D eigenvalue weighted by atomic mass is 10.2. The molecule has 0 aliphatic rings. The molecule has 2 N–H and O–H groups in total. The first-order chi connectivity index (χ1) is 13.0. The van der Waals surface area contributed by atoms with E-state index in [1.165, 1.54) is 18.2 Å². The molecule has 27 heavy (non-hydrogen) atoms. The number of amides is 2. The molecule has 0 spiro atoms. The number of rotatable bonds is 5. The van der Waals surface area contributed by atoms with Crippen LogP contribution in [-0.4, -0.2) is 20.7 Å². The summed E-state index contributed by atoms with van der Waals surface area (Å²) in [7, 11) is 0.